The minimum Gasteiger partial charge on any atom is -0.342 e. The van der Waals surface area contributed by atoms with E-state index in [-0.39, 0.29) is 0 Å². The molecular weight excluding hydrogens is 254 g/mol. The Balaban J connectivity index is 2.92. The van der Waals surface area contributed by atoms with Gasteiger partial charge in [0, 0.05) is 29.3 Å². The topological polar surface area (TPSA) is 37.4 Å². The van der Waals surface area contributed by atoms with Gasteiger partial charge in [-0.3, -0.25) is 9.59 Å². The zero-order chi connectivity index (χ0) is 10.0. The van der Waals surface area contributed by atoms with E-state index in [1.165, 1.54) is 16.2 Å². The Morgan fingerprint density at radius 2 is 2.00 bits per heavy atom. The predicted molar refractivity (Wildman–Crippen MR) is 55.0 cm³/mol. The molecule has 1 aromatic heterocycles. The highest BCUT2D eigenvalue weighted by molar-refractivity contribution is 9.10. The van der Waals surface area contributed by atoms with E-state index >= 15 is 0 Å². The van der Waals surface area contributed by atoms with E-state index in [1.807, 2.05) is 0 Å². The molecule has 0 radical (unpaired) electrons. The highest BCUT2D eigenvalue weighted by Gasteiger charge is 2.20. The third kappa shape index (κ3) is 2.16. The van der Waals surface area contributed by atoms with Crippen LogP contribution in [0.15, 0.2) is 15.2 Å². The molecule has 0 aliphatic rings. The third-order valence-corrected chi connectivity index (χ3v) is 3.16. The molecule has 5 heteroatoms. The van der Waals surface area contributed by atoms with Gasteiger partial charge in [0.05, 0.1) is 5.56 Å². The number of carbonyl (C=O) groups excluding carboxylic acids is 2. The monoisotopic (exact) mass is 261 g/mol. The van der Waals surface area contributed by atoms with E-state index in [0.717, 1.165) is 0 Å². The lowest BCUT2D eigenvalue weighted by Gasteiger charge is -2.07. The van der Waals surface area contributed by atoms with Crippen LogP contribution in [-0.2, 0) is 4.79 Å². The minimum absolute atomic E-state index is 0.434. The number of ketones is 1. The first-order chi connectivity index (χ1) is 6.04. The maximum Gasteiger partial charge on any atom is 0.294 e. The Morgan fingerprint density at radius 3 is 2.38 bits per heavy atom. The van der Waals surface area contributed by atoms with Crippen LogP contribution in [0.1, 0.15) is 10.4 Å². The Hall–Kier alpha value is -0.680. The molecule has 70 valence electrons. The molecule has 0 saturated heterocycles. The van der Waals surface area contributed by atoms with Gasteiger partial charge in [-0.1, -0.05) is 0 Å². The van der Waals surface area contributed by atoms with Crippen LogP contribution in [0, 0.1) is 0 Å². The molecule has 13 heavy (non-hydrogen) atoms. The summed E-state index contributed by atoms with van der Waals surface area (Å²) in [5.41, 5.74) is 0.434. The van der Waals surface area contributed by atoms with E-state index in [4.69, 9.17) is 0 Å². The predicted octanol–water partition coefficient (Wildman–Crippen LogP) is 1.78. The number of rotatable bonds is 2. The fraction of sp³-hybridized carbons (Fsp3) is 0.250. The zero-order valence-electron chi connectivity index (χ0n) is 7.20. The summed E-state index contributed by atoms with van der Waals surface area (Å²) in [4.78, 5) is 24.0. The Bertz CT molecular complexity index is 346. The van der Waals surface area contributed by atoms with Gasteiger partial charge < -0.3 is 4.90 Å². The standard InChI is InChI=1S/C8H8BrNO2S/c1-10(2)8(12)7(11)5-3-13-4-6(5)9/h3-4H,1-2H3. The molecule has 1 heterocycles. The number of Topliss-reactive ketones (excluding diaryl/α,β-unsaturated/α-hetero) is 1. The normalized spacial score (nSPS) is 9.77. The van der Waals surface area contributed by atoms with Gasteiger partial charge in [0.15, 0.2) is 0 Å². The molecule has 3 nitrogen and oxygen atoms in total. The quantitative estimate of drug-likeness (QED) is 0.601. The second kappa shape index (κ2) is 4.02. The fourth-order valence-electron chi connectivity index (χ4n) is 0.762. The first kappa shape index (κ1) is 10.4. The van der Waals surface area contributed by atoms with Crippen molar-refractivity contribution < 1.29 is 9.59 Å². The van der Waals surface area contributed by atoms with Gasteiger partial charge in [0.2, 0.25) is 0 Å². The van der Waals surface area contributed by atoms with Crippen LogP contribution in [-0.4, -0.2) is 30.7 Å². The maximum atomic E-state index is 11.5. The number of halogens is 1. The molecule has 0 N–H and O–H groups in total. The maximum absolute atomic E-state index is 11.5. The lowest BCUT2D eigenvalue weighted by atomic mass is 10.2. The van der Waals surface area contributed by atoms with Crippen LogP contribution in [0.5, 0.6) is 0 Å². The van der Waals surface area contributed by atoms with Crippen molar-refractivity contribution in [3.63, 3.8) is 0 Å². The molecular formula is C8H8BrNO2S. The number of likely N-dealkylation sites (N-methyl/N-ethyl adjacent to an activating group) is 1. The molecule has 1 amide bonds. The summed E-state index contributed by atoms with van der Waals surface area (Å²) < 4.78 is 0.678. The number of hydrogen-bond acceptors (Lipinski definition) is 3. The Kier molecular flexibility index (Phi) is 3.22. The lowest BCUT2D eigenvalue weighted by molar-refractivity contribution is -0.124. The number of nitrogens with zero attached hydrogens (tertiary/aromatic N) is 1. The number of amides is 1. The molecule has 0 fully saturated rings. The van der Waals surface area contributed by atoms with E-state index in [1.54, 1.807) is 24.9 Å². The van der Waals surface area contributed by atoms with Gasteiger partial charge >= 0.3 is 0 Å². The van der Waals surface area contributed by atoms with Crippen molar-refractivity contribution in [3.8, 4) is 0 Å². The Morgan fingerprint density at radius 1 is 1.38 bits per heavy atom. The van der Waals surface area contributed by atoms with E-state index in [9.17, 15) is 9.59 Å². The molecule has 0 aliphatic carbocycles. The van der Waals surface area contributed by atoms with Crippen molar-refractivity contribution >= 4 is 39.0 Å². The van der Waals surface area contributed by atoms with Crippen molar-refractivity contribution in [2.24, 2.45) is 0 Å². The van der Waals surface area contributed by atoms with Crippen molar-refractivity contribution in [1.82, 2.24) is 4.90 Å². The van der Waals surface area contributed by atoms with Crippen LogP contribution >= 0.6 is 27.3 Å². The van der Waals surface area contributed by atoms with Crippen molar-refractivity contribution in [1.29, 1.82) is 0 Å². The van der Waals surface area contributed by atoms with Crippen LogP contribution in [0.25, 0.3) is 0 Å². The van der Waals surface area contributed by atoms with E-state index < -0.39 is 11.7 Å². The second-order valence-electron chi connectivity index (χ2n) is 2.66. The molecule has 1 aromatic rings. The smallest absolute Gasteiger partial charge is 0.294 e. The van der Waals surface area contributed by atoms with Gasteiger partial charge in [-0.2, -0.15) is 11.3 Å². The number of carbonyl (C=O) groups is 2. The zero-order valence-corrected chi connectivity index (χ0v) is 9.61. The summed E-state index contributed by atoms with van der Waals surface area (Å²) in [6, 6.07) is 0. The molecule has 0 saturated carbocycles. The SMILES string of the molecule is CN(C)C(=O)C(=O)c1cscc1Br. The fourth-order valence-corrected chi connectivity index (χ4v) is 2.22. The van der Waals surface area contributed by atoms with Crippen LogP contribution in [0.4, 0.5) is 0 Å². The molecule has 0 aliphatic heterocycles. The van der Waals surface area contributed by atoms with Crippen LogP contribution in [0.2, 0.25) is 0 Å². The highest BCUT2D eigenvalue weighted by Crippen LogP contribution is 2.21. The molecule has 0 aromatic carbocycles. The molecule has 0 unspecified atom stereocenters. The van der Waals surface area contributed by atoms with E-state index in [0.29, 0.717) is 10.0 Å². The second-order valence-corrected chi connectivity index (χ2v) is 4.26. The summed E-state index contributed by atoms with van der Waals surface area (Å²) in [6.07, 6.45) is 0. The first-order valence-corrected chi connectivity index (χ1v) is 5.25. The molecule has 1 rings (SSSR count). The molecule has 0 bridgehead atoms. The summed E-state index contributed by atoms with van der Waals surface area (Å²) in [6.45, 7) is 0. The van der Waals surface area contributed by atoms with Gasteiger partial charge in [-0.25, -0.2) is 0 Å². The van der Waals surface area contributed by atoms with Crippen molar-refractivity contribution in [2.45, 2.75) is 0 Å². The highest BCUT2D eigenvalue weighted by atomic mass is 79.9. The van der Waals surface area contributed by atoms with Gasteiger partial charge in [-0.15, -0.1) is 0 Å². The number of hydrogen-bond donors (Lipinski definition) is 0. The first-order valence-electron chi connectivity index (χ1n) is 3.51. The molecule has 0 atom stereocenters. The average molecular weight is 262 g/mol. The third-order valence-electron chi connectivity index (χ3n) is 1.46. The van der Waals surface area contributed by atoms with Gasteiger partial charge in [-0.05, 0) is 15.9 Å². The van der Waals surface area contributed by atoms with Crippen molar-refractivity contribution in [2.75, 3.05) is 14.1 Å². The average Bonchev–Trinajstić information content (AvgIpc) is 2.48. The summed E-state index contributed by atoms with van der Waals surface area (Å²) in [5, 5.41) is 3.43. The van der Waals surface area contributed by atoms with Crippen molar-refractivity contribution in [3.05, 3.63) is 20.8 Å². The summed E-state index contributed by atoms with van der Waals surface area (Å²) in [5.74, 6) is -0.975. The summed E-state index contributed by atoms with van der Waals surface area (Å²) >= 11 is 4.59. The molecule has 0 spiro atoms. The van der Waals surface area contributed by atoms with Crippen LogP contribution in [0.3, 0.4) is 0 Å². The minimum atomic E-state index is -0.501. The van der Waals surface area contributed by atoms with Crippen LogP contribution < -0.4 is 0 Å². The van der Waals surface area contributed by atoms with Gasteiger partial charge in [0.1, 0.15) is 0 Å². The summed E-state index contributed by atoms with van der Waals surface area (Å²) in [7, 11) is 3.11. The van der Waals surface area contributed by atoms with Gasteiger partial charge in [0.25, 0.3) is 11.7 Å². The van der Waals surface area contributed by atoms with E-state index in [2.05, 4.69) is 15.9 Å². The lowest BCUT2D eigenvalue weighted by Crippen LogP contribution is -2.29. The Labute approximate surface area is 88.5 Å². The number of thiophene rings is 1. The largest absolute Gasteiger partial charge is 0.342 e.